The van der Waals surface area contributed by atoms with Crippen LogP contribution in [-0.2, 0) is 0 Å². The van der Waals surface area contributed by atoms with Crippen molar-refractivity contribution in [3.8, 4) is 0 Å². The number of nitrogens with zero attached hydrogens (tertiary/aromatic N) is 2. The highest BCUT2D eigenvalue weighted by atomic mass is 16.2. The molecular weight excluding hydrogens is 250 g/mol. The zero-order valence-corrected chi connectivity index (χ0v) is 12.1. The number of piperazine rings is 1. The summed E-state index contributed by atoms with van der Waals surface area (Å²) in [6.45, 7) is 5.22. The average Bonchev–Trinajstić information content (AvgIpc) is 2.46. The lowest BCUT2D eigenvalue weighted by molar-refractivity contribution is 0.0152. The summed E-state index contributed by atoms with van der Waals surface area (Å²) in [5, 5.41) is 0. The van der Waals surface area contributed by atoms with Gasteiger partial charge in [-0.05, 0) is 50.6 Å². The Kier molecular flexibility index (Phi) is 3.66. The Balaban J connectivity index is 1.75. The average molecular weight is 273 g/mol. The Morgan fingerprint density at radius 2 is 1.95 bits per heavy atom. The van der Waals surface area contributed by atoms with E-state index in [1.165, 1.54) is 25.8 Å². The van der Waals surface area contributed by atoms with Crippen LogP contribution in [0.1, 0.15) is 36.5 Å². The third kappa shape index (κ3) is 2.52. The summed E-state index contributed by atoms with van der Waals surface area (Å²) in [4.78, 5) is 17.3. The molecule has 4 heteroatoms. The number of fused-ring (bicyclic) bond motifs is 1. The molecule has 0 bridgehead atoms. The fourth-order valence-electron chi connectivity index (χ4n) is 3.43. The molecule has 0 saturated carbocycles. The third-order valence-corrected chi connectivity index (χ3v) is 4.61. The van der Waals surface area contributed by atoms with Crippen LogP contribution in [0.5, 0.6) is 0 Å². The van der Waals surface area contributed by atoms with Gasteiger partial charge in [0.15, 0.2) is 0 Å². The van der Waals surface area contributed by atoms with E-state index in [2.05, 4.69) is 11.8 Å². The fourth-order valence-corrected chi connectivity index (χ4v) is 3.43. The lowest BCUT2D eigenvalue weighted by Crippen LogP contribution is -2.60. The first-order chi connectivity index (χ1) is 9.65. The van der Waals surface area contributed by atoms with Gasteiger partial charge in [-0.3, -0.25) is 9.69 Å². The van der Waals surface area contributed by atoms with Crippen molar-refractivity contribution in [2.24, 2.45) is 0 Å². The van der Waals surface area contributed by atoms with E-state index >= 15 is 0 Å². The predicted molar refractivity (Wildman–Crippen MR) is 80.6 cm³/mol. The Hall–Kier alpha value is -1.55. The summed E-state index contributed by atoms with van der Waals surface area (Å²) in [7, 11) is 0. The first kappa shape index (κ1) is 13.4. The number of benzene rings is 1. The van der Waals surface area contributed by atoms with Crippen LogP contribution in [-0.4, -0.2) is 47.4 Å². The van der Waals surface area contributed by atoms with Crippen LogP contribution < -0.4 is 5.73 Å². The van der Waals surface area contributed by atoms with Crippen molar-refractivity contribution in [3.63, 3.8) is 0 Å². The van der Waals surface area contributed by atoms with Crippen molar-refractivity contribution >= 4 is 11.6 Å². The Morgan fingerprint density at radius 3 is 2.70 bits per heavy atom. The van der Waals surface area contributed by atoms with Crippen LogP contribution in [0.2, 0.25) is 0 Å². The number of nitrogen functional groups attached to an aromatic ring is 1. The number of anilines is 1. The van der Waals surface area contributed by atoms with Crippen LogP contribution in [0, 0.1) is 0 Å². The van der Waals surface area contributed by atoms with E-state index in [4.69, 9.17) is 5.73 Å². The van der Waals surface area contributed by atoms with Gasteiger partial charge in [-0.2, -0.15) is 0 Å². The molecule has 3 rings (SSSR count). The van der Waals surface area contributed by atoms with Crippen LogP contribution in [0.15, 0.2) is 24.3 Å². The molecule has 1 amide bonds. The Morgan fingerprint density at radius 1 is 1.20 bits per heavy atom. The monoisotopic (exact) mass is 273 g/mol. The van der Waals surface area contributed by atoms with E-state index in [1.54, 1.807) is 12.1 Å². The normalized spacial score (nSPS) is 27.1. The van der Waals surface area contributed by atoms with Gasteiger partial charge in [0, 0.05) is 36.4 Å². The van der Waals surface area contributed by atoms with Gasteiger partial charge in [-0.1, -0.05) is 6.42 Å². The lowest BCUT2D eigenvalue weighted by Gasteiger charge is -2.47. The van der Waals surface area contributed by atoms with Gasteiger partial charge in [0.1, 0.15) is 0 Å². The lowest BCUT2D eigenvalue weighted by atomic mass is 9.96. The standard InChI is InChI=1S/C16H23N3O/c1-12-10-18-9-3-2-4-15(18)11-19(12)16(20)13-5-7-14(17)8-6-13/h5-8,12,15H,2-4,9-11,17H2,1H3. The van der Waals surface area contributed by atoms with E-state index in [1.807, 2.05) is 17.0 Å². The molecule has 2 unspecified atom stereocenters. The highest BCUT2D eigenvalue weighted by molar-refractivity contribution is 5.94. The van der Waals surface area contributed by atoms with Crippen LogP contribution in [0.3, 0.4) is 0 Å². The van der Waals surface area contributed by atoms with E-state index in [-0.39, 0.29) is 11.9 Å². The van der Waals surface area contributed by atoms with E-state index in [9.17, 15) is 4.79 Å². The van der Waals surface area contributed by atoms with Crippen molar-refractivity contribution in [2.45, 2.75) is 38.3 Å². The summed E-state index contributed by atoms with van der Waals surface area (Å²) in [6, 6.07) is 8.10. The molecule has 0 radical (unpaired) electrons. The maximum absolute atomic E-state index is 12.7. The molecule has 1 aromatic carbocycles. The van der Waals surface area contributed by atoms with E-state index in [0.717, 1.165) is 18.7 Å². The van der Waals surface area contributed by atoms with Gasteiger partial charge >= 0.3 is 0 Å². The molecule has 0 spiro atoms. The second-order valence-corrected chi connectivity index (χ2v) is 6.07. The number of hydrogen-bond acceptors (Lipinski definition) is 3. The van der Waals surface area contributed by atoms with Crippen molar-refractivity contribution in [2.75, 3.05) is 25.4 Å². The van der Waals surface area contributed by atoms with Gasteiger partial charge in [0.05, 0.1) is 0 Å². The van der Waals surface area contributed by atoms with E-state index in [0.29, 0.717) is 11.7 Å². The molecule has 2 aliphatic heterocycles. The van der Waals surface area contributed by atoms with E-state index < -0.39 is 0 Å². The summed E-state index contributed by atoms with van der Waals surface area (Å²) in [6.07, 6.45) is 3.81. The third-order valence-electron chi connectivity index (χ3n) is 4.61. The molecule has 2 saturated heterocycles. The highest BCUT2D eigenvalue weighted by Gasteiger charge is 2.35. The molecule has 108 valence electrons. The number of carbonyl (C=O) groups is 1. The van der Waals surface area contributed by atoms with Crippen molar-refractivity contribution in [1.82, 2.24) is 9.80 Å². The van der Waals surface area contributed by atoms with Gasteiger partial charge in [-0.25, -0.2) is 0 Å². The maximum Gasteiger partial charge on any atom is 0.254 e. The van der Waals surface area contributed by atoms with Crippen molar-refractivity contribution < 1.29 is 4.79 Å². The van der Waals surface area contributed by atoms with Gasteiger partial charge in [0.2, 0.25) is 0 Å². The molecule has 20 heavy (non-hydrogen) atoms. The minimum atomic E-state index is 0.141. The number of hydrogen-bond donors (Lipinski definition) is 1. The quantitative estimate of drug-likeness (QED) is 0.796. The first-order valence-corrected chi connectivity index (χ1v) is 7.55. The number of rotatable bonds is 1. The molecule has 2 atom stereocenters. The highest BCUT2D eigenvalue weighted by Crippen LogP contribution is 2.25. The zero-order chi connectivity index (χ0) is 14.1. The summed E-state index contributed by atoms with van der Waals surface area (Å²) in [5.41, 5.74) is 7.13. The number of nitrogens with two attached hydrogens (primary N) is 1. The van der Waals surface area contributed by atoms with Crippen molar-refractivity contribution in [3.05, 3.63) is 29.8 Å². The molecule has 4 nitrogen and oxygen atoms in total. The predicted octanol–water partition coefficient (Wildman–Crippen LogP) is 1.97. The molecular formula is C16H23N3O. The second kappa shape index (κ2) is 5.44. The molecule has 2 fully saturated rings. The van der Waals surface area contributed by atoms with Crippen molar-refractivity contribution in [1.29, 1.82) is 0 Å². The van der Waals surface area contributed by atoms with Gasteiger partial charge in [-0.15, -0.1) is 0 Å². The van der Waals surface area contributed by atoms with Crippen LogP contribution in [0.4, 0.5) is 5.69 Å². The van der Waals surface area contributed by atoms with Gasteiger partial charge < -0.3 is 10.6 Å². The minimum absolute atomic E-state index is 0.141. The SMILES string of the molecule is CC1CN2CCCCC2CN1C(=O)c1ccc(N)cc1. The largest absolute Gasteiger partial charge is 0.399 e. The second-order valence-electron chi connectivity index (χ2n) is 6.07. The summed E-state index contributed by atoms with van der Waals surface area (Å²) >= 11 is 0. The minimum Gasteiger partial charge on any atom is -0.399 e. The smallest absolute Gasteiger partial charge is 0.254 e. The zero-order valence-electron chi connectivity index (χ0n) is 12.1. The van der Waals surface area contributed by atoms with Crippen LogP contribution >= 0.6 is 0 Å². The first-order valence-electron chi connectivity index (χ1n) is 7.55. The molecule has 2 aliphatic rings. The molecule has 1 aromatic rings. The van der Waals surface area contributed by atoms with Crippen LogP contribution in [0.25, 0.3) is 0 Å². The van der Waals surface area contributed by atoms with Gasteiger partial charge in [0.25, 0.3) is 5.91 Å². The summed E-state index contributed by atoms with van der Waals surface area (Å²) in [5.74, 6) is 0.141. The number of piperidine rings is 1. The summed E-state index contributed by atoms with van der Waals surface area (Å²) < 4.78 is 0. The Bertz CT molecular complexity index is 485. The molecule has 0 aromatic heterocycles. The molecule has 2 heterocycles. The number of carbonyl (C=O) groups excluding carboxylic acids is 1. The maximum atomic E-state index is 12.7. The number of amides is 1. The Labute approximate surface area is 120 Å². The fraction of sp³-hybridized carbons (Fsp3) is 0.562. The topological polar surface area (TPSA) is 49.6 Å². The molecule has 0 aliphatic carbocycles. The molecule has 2 N–H and O–H groups in total.